The van der Waals surface area contributed by atoms with E-state index in [1.54, 1.807) is 0 Å². The second-order valence-electron chi connectivity index (χ2n) is 6.31. The summed E-state index contributed by atoms with van der Waals surface area (Å²) in [6, 6.07) is -1.14. The summed E-state index contributed by atoms with van der Waals surface area (Å²) in [5.41, 5.74) is 0. The monoisotopic (exact) mass is 356 g/mol. The molecule has 2 rings (SSSR count). The molecule has 138 valence electrons. The second kappa shape index (κ2) is 7.62. The molecule has 2 bridgehead atoms. The highest BCUT2D eigenvalue weighted by atomic mass is 16.4. The fourth-order valence-corrected chi connectivity index (χ4v) is 3.97. The molecule has 10 heteroatoms. The fraction of sp³-hybridized carbons (Fsp3) is 0.600. The summed E-state index contributed by atoms with van der Waals surface area (Å²) in [4.78, 5) is 47.1. The molecule has 4 N–H and O–H groups in total. The highest BCUT2D eigenvalue weighted by Gasteiger charge is 2.50. The number of nitrogens with zero attached hydrogens (tertiary/aromatic N) is 2. The average Bonchev–Trinajstić information content (AvgIpc) is 3.04. The Hall–Kier alpha value is -2.46. The molecule has 0 spiro atoms. The third-order valence-electron chi connectivity index (χ3n) is 4.57. The number of carbonyl (C=O) groups is 4. The van der Waals surface area contributed by atoms with Gasteiger partial charge < -0.3 is 20.4 Å². The van der Waals surface area contributed by atoms with E-state index in [1.807, 2.05) is 12.2 Å². The van der Waals surface area contributed by atoms with Gasteiger partial charge in [0.25, 0.3) is 0 Å². The van der Waals surface area contributed by atoms with Crippen LogP contribution in [0.4, 0.5) is 0 Å². The van der Waals surface area contributed by atoms with Crippen LogP contribution < -0.4 is 0 Å². The largest absolute Gasteiger partial charge is 0.480 e. The fourth-order valence-electron chi connectivity index (χ4n) is 3.97. The van der Waals surface area contributed by atoms with Gasteiger partial charge in [-0.1, -0.05) is 12.2 Å². The van der Waals surface area contributed by atoms with E-state index < -0.39 is 62.1 Å². The number of carboxylic acids is 4. The van der Waals surface area contributed by atoms with Gasteiger partial charge in [-0.3, -0.25) is 29.0 Å². The van der Waals surface area contributed by atoms with E-state index in [0.29, 0.717) is 6.42 Å². The van der Waals surface area contributed by atoms with Gasteiger partial charge in [-0.15, -0.1) is 0 Å². The molecule has 0 aromatic rings. The molecule has 0 radical (unpaired) electrons. The van der Waals surface area contributed by atoms with Crippen LogP contribution in [0.2, 0.25) is 0 Å². The molecule has 0 saturated heterocycles. The van der Waals surface area contributed by atoms with Crippen LogP contribution in [0, 0.1) is 11.8 Å². The van der Waals surface area contributed by atoms with E-state index in [2.05, 4.69) is 0 Å². The van der Waals surface area contributed by atoms with E-state index in [0.717, 1.165) is 0 Å². The van der Waals surface area contributed by atoms with Crippen molar-refractivity contribution in [3.63, 3.8) is 0 Å². The Kier molecular flexibility index (Phi) is 5.75. The van der Waals surface area contributed by atoms with Gasteiger partial charge in [0.1, 0.15) is 0 Å². The van der Waals surface area contributed by atoms with Crippen LogP contribution >= 0.6 is 0 Å². The smallest absolute Gasteiger partial charge is 0.317 e. The van der Waals surface area contributed by atoms with Crippen molar-refractivity contribution >= 4 is 23.9 Å². The van der Waals surface area contributed by atoms with Gasteiger partial charge in [0, 0.05) is 12.1 Å². The molecule has 10 nitrogen and oxygen atoms in total. The number of hydrogen-bond donors (Lipinski definition) is 4. The van der Waals surface area contributed by atoms with Crippen molar-refractivity contribution in [2.45, 2.75) is 18.5 Å². The van der Waals surface area contributed by atoms with Gasteiger partial charge in [0.05, 0.1) is 26.2 Å². The SMILES string of the molecule is O=C(O)CN(CC(=O)O)C1C(N(CC(=O)O)CC(=O)O)[C@H]2C=C[C@@H]1C2. The van der Waals surface area contributed by atoms with Gasteiger partial charge in [-0.05, 0) is 18.3 Å². The standard InChI is InChI=1S/C15H20N2O8/c18-10(19)4-16(5-11(20)21)14-8-1-2-9(3-8)15(14)17(6-12(22)23)7-13(24)25/h1-2,8-9,14-15H,3-7H2,(H,18,19)(H,20,21)(H,22,23)(H,24,25)/t8-,9+,14?,15?. The van der Waals surface area contributed by atoms with Gasteiger partial charge in [0.15, 0.2) is 0 Å². The van der Waals surface area contributed by atoms with E-state index in [1.165, 1.54) is 9.80 Å². The van der Waals surface area contributed by atoms with Crippen molar-refractivity contribution in [1.29, 1.82) is 0 Å². The Balaban J connectivity index is 2.32. The number of carboxylic acid groups (broad SMARTS) is 4. The second-order valence-corrected chi connectivity index (χ2v) is 6.31. The zero-order valence-electron chi connectivity index (χ0n) is 13.3. The summed E-state index contributed by atoms with van der Waals surface area (Å²) >= 11 is 0. The van der Waals surface area contributed by atoms with E-state index in [4.69, 9.17) is 20.4 Å². The first kappa shape index (κ1) is 18.9. The Morgan fingerprint density at radius 2 is 0.960 bits per heavy atom. The first-order valence-corrected chi connectivity index (χ1v) is 7.72. The predicted molar refractivity (Wildman–Crippen MR) is 82.0 cm³/mol. The third-order valence-corrected chi connectivity index (χ3v) is 4.57. The van der Waals surface area contributed by atoms with E-state index in [-0.39, 0.29) is 11.8 Å². The lowest BCUT2D eigenvalue weighted by atomic mass is 9.92. The minimum atomic E-state index is -1.20. The van der Waals surface area contributed by atoms with Crippen molar-refractivity contribution < 1.29 is 39.6 Å². The first-order valence-electron chi connectivity index (χ1n) is 7.72. The average molecular weight is 356 g/mol. The molecular formula is C15H20N2O8. The van der Waals surface area contributed by atoms with Gasteiger partial charge >= 0.3 is 23.9 Å². The minimum Gasteiger partial charge on any atom is -0.480 e. The maximum absolute atomic E-state index is 11.1. The Morgan fingerprint density at radius 1 is 0.680 bits per heavy atom. The van der Waals surface area contributed by atoms with Gasteiger partial charge in [-0.2, -0.15) is 0 Å². The van der Waals surface area contributed by atoms with Crippen LogP contribution in [-0.4, -0.2) is 92.4 Å². The van der Waals surface area contributed by atoms with Crippen molar-refractivity contribution in [3.05, 3.63) is 12.2 Å². The zero-order valence-corrected chi connectivity index (χ0v) is 13.3. The van der Waals surface area contributed by atoms with E-state index in [9.17, 15) is 19.2 Å². The summed E-state index contributed by atoms with van der Waals surface area (Å²) in [6.07, 6.45) is 4.34. The number of rotatable bonds is 10. The highest BCUT2D eigenvalue weighted by Crippen LogP contribution is 2.44. The van der Waals surface area contributed by atoms with Crippen molar-refractivity contribution in [2.24, 2.45) is 11.8 Å². The van der Waals surface area contributed by atoms with Crippen LogP contribution in [0.15, 0.2) is 12.2 Å². The maximum Gasteiger partial charge on any atom is 0.317 e. The summed E-state index contributed by atoms with van der Waals surface area (Å²) in [7, 11) is 0. The van der Waals surface area contributed by atoms with Crippen LogP contribution in [0.1, 0.15) is 6.42 Å². The molecule has 0 heterocycles. The van der Waals surface area contributed by atoms with Crippen molar-refractivity contribution in [1.82, 2.24) is 9.80 Å². The Morgan fingerprint density at radius 3 is 1.20 bits per heavy atom. The number of fused-ring (bicyclic) bond motifs is 2. The zero-order chi connectivity index (χ0) is 18.7. The van der Waals surface area contributed by atoms with Crippen LogP contribution in [0.3, 0.4) is 0 Å². The molecule has 2 aliphatic carbocycles. The molecule has 2 unspecified atom stereocenters. The lowest BCUT2D eigenvalue weighted by Crippen LogP contribution is -2.57. The third kappa shape index (κ3) is 4.54. The summed E-state index contributed by atoms with van der Waals surface area (Å²) in [5, 5.41) is 36.4. The lowest BCUT2D eigenvalue weighted by Gasteiger charge is -2.41. The van der Waals surface area contributed by atoms with Gasteiger partial charge in [0.2, 0.25) is 0 Å². The highest BCUT2D eigenvalue weighted by molar-refractivity contribution is 5.73. The number of hydrogen-bond acceptors (Lipinski definition) is 6. The van der Waals surface area contributed by atoms with Crippen molar-refractivity contribution in [2.75, 3.05) is 26.2 Å². The summed E-state index contributed by atoms with van der Waals surface area (Å²) in [6.45, 7) is -2.06. The Labute approximate surface area is 142 Å². The Bertz CT molecular complexity index is 522. The number of aliphatic carboxylic acids is 4. The first-order chi connectivity index (χ1) is 11.7. The molecule has 4 atom stereocenters. The quantitative estimate of drug-likeness (QED) is 0.353. The molecule has 2 aliphatic rings. The molecule has 1 fully saturated rings. The van der Waals surface area contributed by atoms with Crippen LogP contribution in [0.5, 0.6) is 0 Å². The van der Waals surface area contributed by atoms with E-state index >= 15 is 0 Å². The van der Waals surface area contributed by atoms with Crippen molar-refractivity contribution in [3.8, 4) is 0 Å². The molecule has 0 aliphatic heterocycles. The molecular weight excluding hydrogens is 336 g/mol. The maximum atomic E-state index is 11.1. The molecule has 0 aromatic carbocycles. The summed E-state index contributed by atoms with van der Waals surface area (Å²) in [5.74, 6) is -5.08. The molecule has 1 saturated carbocycles. The predicted octanol–water partition coefficient (Wildman–Crippen LogP) is -1.13. The minimum absolute atomic E-state index is 0.140. The molecule has 0 amide bonds. The summed E-state index contributed by atoms with van der Waals surface area (Å²) < 4.78 is 0. The van der Waals surface area contributed by atoms with Crippen LogP contribution in [0.25, 0.3) is 0 Å². The molecule has 25 heavy (non-hydrogen) atoms. The topological polar surface area (TPSA) is 156 Å². The molecule has 0 aromatic heterocycles. The van der Waals surface area contributed by atoms with Gasteiger partial charge in [-0.25, -0.2) is 0 Å². The lowest BCUT2D eigenvalue weighted by molar-refractivity contribution is -0.148. The van der Waals surface area contributed by atoms with Crippen LogP contribution in [-0.2, 0) is 19.2 Å². The normalized spacial score (nSPS) is 27.1.